The lowest BCUT2D eigenvalue weighted by molar-refractivity contribution is -0.110. The van der Waals surface area contributed by atoms with E-state index in [1.165, 1.54) is 0 Å². The molecule has 2 atom stereocenters. The first kappa shape index (κ1) is 28.7. The van der Waals surface area contributed by atoms with Crippen molar-refractivity contribution in [3.05, 3.63) is 124 Å². The number of aryl methyl sites for hydroxylation is 1. The van der Waals surface area contributed by atoms with Crippen LogP contribution in [0.5, 0.6) is 0 Å². The van der Waals surface area contributed by atoms with Crippen molar-refractivity contribution in [1.82, 2.24) is 10.3 Å². The molecule has 6 rings (SSSR count). The topological polar surface area (TPSA) is 146 Å². The number of carbonyl (C=O) groups excluding carboxylic acids is 2. The highest BCUT2D eigenvalue weighted by Crippen LogP contribution is 2.35. The van der Waals surface area contributed by atoms with Gasteiger partial charge >= 0.3 is 0 Å². The molecule has 2 aromatic heterocycles. The van der Waals surface area contributed by atoms with Gasteiger partial charge in [0.2, 0.25) is 0 Å². The van der Waals surface area contributed by atoms with Gasteiger partial charge in [-0.2, -0.15) is 0 Å². The fraction of sp³-hybridized carbons (Fsp3) is 0.171. The number of anilines is 1. The van der Waals surface area contributed by atoms with E-state index in [9.17, 15) is 14.7 Å². The molecule has 3 heterocycles. The van der Waals surface area contributed by atoms with Crippen molar-refractivity contribution in [2.24, 2.45) is 10.7 Å². The lowest BCUT2D eigenvalue weighted by Gasteiger charge is -2.10. The summed E-state index contributed by atoms with van der Waals surface area (Å²) in [4.78, 5) is 34.2. The molecule has 5 aromatic rings. The minimum Gasteiger partial charge on any atom is -0.458 e. The molecule has 1 aliphatic heterocycles. The Morgan fingerprint density at radius 2 is 1.82 bits per heavy atom. The lowest BCUT2D eigenvalue weighted by atomic mass is 10.0. The van der Waals surface area contributed by atoms with Crippen LogP contribution in [0, 0.1) is 13.8 Å². The predicted octanol–water partition coefficient (Wildman–Crippen LogP) is 5.80. The van der Waals surface area contributed by atoms with E-state index in [1.54, 1.807) is 19.1 Å². The fourth-order valence-electron chi connectivity index (χ4n) is 5.53. The maximum absolute atomic E-state index is 13.2. The van der Waals surface area contributed by atoms with Crippen LogP contribution in [0.15, 0.2) is 88.3 Å². The van der Waals surface area contributed by atoms with Crippen LogP contribution in [0.25, 0.3) is 22.6 Å². The average molecular weight is 588 g/mol. The van der Waals surface area contributed by atoms with Gasteiger partial charge in [-0.25, -0.2) is 0 Å². The van der Waals surface area contributed by atoms with Crippen LogP contribution in [-0.4, -0.2) is 34.3 Å². The third kappa shape index (κ3) is 5.52. The molecule has 0 saturated heterocycles. The highest BCUT2D eigenvalue weighted by molar-refractivity contribution is 6.35. The van der Waals surface area contributed by atoms with E-state index in [1.807, 2.05) is 86.6 Å². The first-order chi connectivity index (χ1) is 21.2. The number of rotatable bonds is 8. The van der Waals surface area contributed by atoms with Crippen molar-refractivity contribution in [2.75, 3.05) is 11.9 Å². The number of fused-ring (bicyclic) bond motifs is 2. The first-order valence-corrected chi connectivity index (χ1v) is 14.4. The summed E-state index contributed by atoms with van der Waals surface area (Å²) in [5.41, 5.74) is 13.1. The zero-order valence-electron chi connectivity index (χ0n) is 24.6. The van der Waals surface area contributed by atoms with Gasteiger partial charge in [-0.3, -0.25) is 14.6 Å². The van der Waals surface area contributed by atoms with E-state index in [4.69, 9.17) is 10.2 Å². The summed E-state index contributed by atoms with van der Waals surface area (Å²) in [6, 6.07) is 24.5. The van der Waals surface area contributed by atoms with Gasteiger partial charge in [0.15, 0.2) is 0 Å². The Kier molecular flexibility index (Phi) is 7.63. The van der Waals surface area contributed by atoms with Crippen molar-refractivity contribution in [3.8, 4) is 0 Å². The number of hydrogen-bond donors (Lipinski definition) is 5. The summed E-state index contributed by atoms with van der Waals surface area (Å²) >= 11 is 0. The number of aromatic amines is 1. The zero-order valence-corrected chi connectivity index (χ0v) is 24.6. The molecule has 0 spiro atoms. The van der Waals surface area contributed by atoms with Crippen LogP contribution >= 0.6 is 0 Å². The predicted molar refractivity (Wildman–Crippen MR) is 172 cm³/mol. The minimum absolute atomic E-state index is 0.0242. The normalized spacial score (nSPS) is 15.3. The Balaban J connectivity index is 1.22. The van der Waals surface area contributed by atoms with E-state index >= 15 is 0 Å². The number of aliphatic hydroxyl groups excluding tert-OH is 1. The molecule has 3 aromatic carbocycles. The number of hydrogen-bond acceptors (Lipinski definition) is 5. The number of nitrogens with zero attached hydrogens (tertiary/aromatic N) is 1. The van der Waals surface area contributed by atoms with E-state index in [-0.39, 0.29) is 24.4 Å². The van der Waals surface area contributed by atoms with Crippen molar-refractivity contribution >= 4 is 46.0 Å². The Hall–Kier alpha value is -5.41. The Bertz CT molecular complexity index is 1920. The van der Waals surface area contributed by atoms with E-state index in [0.717, 1.165) is 10.9 Å². The molecule has 0 saturated carbocycles. The average Bonchev–Trinajstić information content (AvgIpc) is 3.68. The third-order valence-electron chi connectivity index (χ3n) is 7.93. The SMILES string of the molecule is Cc1[nH]c(/C=C2\C(=O)Nc3ccc(C(N)=N[C@H](C)c4ccccc4)cc32)c(C)c1C(=O)NCC(O)c1cc2ccccc2o1. The van der Waals surface area contributed by atoms with Crippen molar-refractivity contribution in [3.63, 3.8) is 0 Å². The highest BCUT2D eigenvalue weighted by Gasteiger charge is 2.27. The van der Waals surface area contributed by atoms with Gasteiger partial charge in [-0.05, 0) is 68.3 Å². The summed E-state index contributed by atoms with van der Waals surface area (Å²) in [6.07, 6.45) is 0.736. The van der Waals surface area contributed by atoms with Gasteiger partial charge < -0.3 is 30.9 Å². The second-order valence-corrected chi connectivity index (χ2v) is 10.9. The fourth-order valence-corrected chi connectivity index (χ4v) is 5.53. The van der Waals surface area contributed by atoms with Crippen LogP contribution in [0.2, 0.25) is 0 Å². The highest BCUT2D eigenvalue weighted by atomic mass is 16.4. The summed E-state index contributed by atoms with van der Waals surface area (Å²) in [7, 11) is 0. The molecule has 9 heteroatoms. The summed E-state index contributed by atoms with van der Waals surface area (Å²) < 4.78 is 5.73. The molecule has 1 unspecified atom stereocenters. The number of carbonyl (C=O) groups is 2. The number of aliphatic hydroxyl groups is 1. The largest absolute Gasteiger partial charge is 0.458 e. The molecule has 2 amide bonds. The lowest BCUT2D eigenvalue weighted by Crippen LogP contribution is -2.29. The number of aliphatic imine (C=N–C) groups is 1. The molecule has 0 fully saturated rings. The van der Waals surface area contributed by atoms with Gasteiger partial charge in [-0.1, -0.05) is 48.5 Å². The number of aromatic nitrogens is 1. The van der Waals surface area contributed by atoms with Crippen LogP contribution in [0.3, 0.4) is 0 Å². The van der Waals surface area contributed by atoms with Crippen molar-refractivity contribution in [1.29, 1.82) is 0 Å². The Morgan fingerprint density at radius 3 is 2.59 bits per heavy atom. The van der Waals surface area contributed by atoms with Gasteiger partial charge in [0, 0.05) is 33.6 Å². The van der Waals surface area contributed by atoms with E-state index < -0.39 is 6.10 Å². The molecule has 1 aliphatic rings. The molecule has 9 nitrogen and oxygen atoms in total. The maximum atomic E-state index is 13.2. The maximum Gasteiger partial charge on any atom is 0.256 e. The van der Waals surface area contributed by atoms with Gasteiger partial charge in [0.25, 0.3) is 11.8 Å². The molecule has 0 aliphatic carbocycles. The van der Waals surface area contributed by atoms with Crippen molar-refractivity contribution in [2.45, 2.75) is 32.9 Å². The minimum atomic E-state index is -1.01. The number of nitrogens with one attached hydrogen (secondary N) is 3. The number of furan rings is 1. The number of H-pyrrole nitrogens is 1. The monoisotopic (exact) mass is 587 g/mol. The Labute approximate surface area is 254 Å². The number of amides is 2. The quantitative estimate of drug-likeness (QED) is 0.0885. The second kappa shape index (κ2) is 11.7. The van der Waals surface area contributed by atoms with Crippen LogP contribution in [0.4, 0.5) is 5.69 Å². The Morgan fingerprint density at radius 1 is 1.07 bits per heavy atom. The van der Waals surface area contributed by atoms with Gasteiger partial charge in [0.05, 0.1) is 23.7 Å². The zero-order chi connectivity index (χ0) is 31.0. The molecule has 44 heavy (non-hydrogen) atoms. The van der Waals surface area contributed by atoms with E-state index in [0.29, 0.717) is 62.1 Å². The number of nitrogens with two attached hydrogens (primary N) is 1. The third-order valence-corrected chi connectivity index (χ3v) is 7.93. The van der Waals surface area contributed by atoms with Gasteiger partial charge in [-0.15, -0.1) is 0 Å². The van der Waals surface area contributed by atoms with Crippen LogP contribution < -0.4 is 16.4 Å². The molecule has 0 radical (unpaired) electrons. The summed E-state index contributed by atoms with van der Waals surface area (Å²) in [5, 5.41) is 17.2. The van der Waals surface area contributed by atoms with E-state index in [2.05, 4.69) is 20.6 Å². The molecule has 222 valence electrons. The molecule has 0 bridgehead atoms. The molecular formula is C35H33N5O4. The summed E-state index contributed by atoms with van der Waals surface area (Å²) in [6.45, 7) is 5.57. The molecule has 6 N–H and O–H groups in total. The van der Waals surface area contributed by atoms with Crippen LogP contribution in [-0.2, 0) is 4.79 Å². The first-order valence-electron chi connectivity index (χ1n) is 14.4. The second-order valence-electron chi connectivity index (χ2n) is 10.9. The number of amidine groups is 1. The van der Waals surface area contributed by atoms with Crippen LogP contribution in [0.1, 0.15) is 68.8 Å². The number of benzene rings is 3. The smallest absolute Gasteiger partial charge is 0.256 e. The molecular weight excluding hydrogens is 554 g/mol. The standard InChI is InChI=1S/C35H33N5O4/c1-19-28(38-21(3)32(19)35(43)37-18-29(41)31-16-23-11-7-8-12-30(23)44-31)17-26-25-15-24(13-14-27(25)40-34(26)42)33(36)39-20(2)22-9-5-4-6-10-22/h4-17,20,29,38,41H,18H2,1-3H3,(H2,36,39)(H,37,43)(H,40,42)/b26-17-/t20-,29?/m1/s1. The number of para-hydroxylation sites is 1. The van der Waals surface area contributed by atoms with Crippen molar-refractivity contribution < 1.29 is 19.1 Å². The summed E-state index contributed by atoms with van der Waals surface area (Å²) in [5.74, 6) is 0.159. The van der Waals surface area contributed by atoms with Gasteiger partial charge in [0.1, 0.15) is 23.3 Å².